The highest BCUT2D eigenvalue weighted by atomic mass is 16.1. The molecule has 4 rings (SSSR count). The van der Waals surface area contributed by atoms with Crippen molar-refractivity contribution in [3.05, 3.63) is 91.0 Å². The first-order valence-corrected chi connectivity index (χ1v) is 10.8. The van der Waals surface area contributed by atoms with Gasteiger partial charge in [0.05, 0.1) is 5.56 Å². The van der Waals surface area contributed by atoms with Gasteiger partial charge < -0.3 is 0 Å². The second kappa shape index (κ2) is 9.47. The molecule has 3 aromatic rings. The SMILES string of the molecule is CCCCn1[nH]c(CCC)c(C=c2ccc(=c3ccccc3=C3N=NN=N3)cc2)c1=O. The second-order valence-corrected chi connectivity index (χ2v) is 7.58. The summed E-state index contributed by atoms with van der Waals surface area (Å²) in [4.78, 5) is 12.9. The first-order valence-electron chi connectivity index (χ1n) is 10.8. The molecule has 2 heterocycles. The molecule has 31 heavy (non-hydrogen) atoms. The summed E-state index contributed by atoms with van der Waals surface area (Å²) in [6.45, 7) is 4.98. The van der Waals surface area contributed by atoms with E-state index in [0.717, 1.165) is 64.4 Å². The molecule has 0 bridgehead atoms. The van der Waals surface area contributed by atoms with Crippen LogP contribution in [0.25, 0.3) is 11.9 Å². The minimum atomic E-state index is 0.0553. The first-order chi connectivity index (χ1) is 15.2. The lowest BCUT2D eigenvalue weighted by atomic mass is 10.1. The van der Waals surface area contributed by atoms with Gasteiger partial charge in [0.25, 0.3) is 5.56 Å². The predicted octanol–water partition coefficient (Wildman–Crippen LogP) is 3.94. The fourth-order valence-electron chi connectivity index (χ4n) is 3.72. The van der Waals surface area contributed by atoms with Crippen molar-refractivity contribution in [2.24, 2.45) is 20.7 Å². The first kappa shape index (κ1) is 20.7. The van der Waals surface area contributed by atoms with Gasteiger partial charge in [0, 0.05) is 17.5 Å². The van der Waals surface area contributed by atoms with Crippen LogP contribution in [0.1, 0.15) is 44.4 Å². The van der Waals surface area contributed by atoms with Crippen molar-refractivity contribution in [2.45, 2.75) is 46.1 Å². The van der Waals surface area contributed by atoms with Crippen molar-refractivity contribution >= 4 is 11.9 Å². The van der Waals surface area contributed by atoms with Crippen molar-refractivity contribution in [1.82, 2.24) is 9.78 Å². The van der Waals surface area contributed by atoms with Crippen molar-refractivity contribution in [3.8, 4) is 0 Å². The summed E-state index contributed by atoms with van der Waals surface area (Å²) in [5, 5.41) is 22.4. The molecule has 0 spiro atoms. The van der Waals surface area contributed by atoms with Crippen LogP contribution in [0.2, 0.25) is 0 Å². The third-order valence-corrected chi connectivity index (χ3v) is 5.33. The molecule has 0 saturated carbocycles. The molecule has 1 aliphatic rings. The van der Waals surface area contributed by atoms with Crippen LogP contribution in [-0.2, 0) is 13.0 Å². The molecule has 158 valence electrons. The number of benzene rings is 2. The van der Waals surface area contributed by atoms with Gasteiger partial charge in [-0.15, -0.1) is 10.2 Å². The van der Waals surface area contributed by atoms with E-state index in [1.54, 1.807) is 4.68 Å². The number of hydrogen-bond acceptors (Lipinski definition) is 5. The number of aromatic nitrogens is 2. The average Bonchev–Trinajstić information content (AvgIpc) is 3.43. The van der Waals surface area contributed by atoms with E-state index < -0.39 is 0 Å². The van der Waals surface area contributed by atoms with Gasteiger partial charge in [0.2, 0.25) is 5.82 Å². The van der Waals surface area contributed by atoms with Crippen LogP contribution in [0, 0.1) is 10.4 Å². The van der Waals surface area contributed by atoms with Crippen LogP contribution >= 0.6 is 0 Å². The molecule has 0 aliphatic carbocycles. The van der Waals surface area contributed by atoms with Gasteiger partial charge in [0.15, 0.2) is 0 Å². The number of rotatable bonds is 6. The maximum absolute atomic E-state index is 12.9. The maximum Gasteiger partial charge on any atom is 0.274 e. The van der Waals surface area contributed by atoms with E-state index in [0.29, 0.717) is 5.82 Å². The second-order valence-electron chi connectivity index (χ2n) is 7.58. The molecule has 0 unspecified atom stereocenters. The zero-order valence-corrected chi connectivity index (χ0v) is 17.9. The molecule has 0 saturated heterocycles. The number of nitrogens with one attached hydrogen (secondary N) is 1. The molecule has 0 fully saturated rings. The number of aryl methyl sites for hydroxylation is 2. The Bertz CT molecular complexity index is 1370. The Labute approximate surface area is 179 Å². The lowest BCUT2D eigenvalue weighted by Gasteiger charge is -1.99. The smallest absolute Gasteiger partial charge is 0.274 e. The summed E-state index contributed by atoms with van der Waals surface area (Å²) in [5.41, 5.74) is 1.82. The Kier molecular flexibility index (Phi) is 6.31. The van der Waals surface area contributed by atoms with Gasteiger partial charge in [-0.25, -0.2) is 0 Å². The number of unbranched alkanes of at least 4 members (excludes halogenated alkanes) is 1. The summed E-state index contributed by atoms with van der Waals surface area (Å²) in [5.74, 6) is 0.510. The highest BCUT2D eigenvalue weighted by Gasteiger charge is 2.11. The van der Waals surface area contributed by atoms with Crippen LogP contribution in [0.4, 0.5) is 0 Å². The Balaban J connectivity index is 1.83. The Morgan fingerprint density at radius 3 is 2.32 bits per heavy atom. The van der Waals surface area contributed by atoms with E-state index in [1.165, 1.54) is 0 Å². The Morgan fingerprint density at radius 2 is 1.65 bits per heavy atom. The van der Waals surface area contributed by atoms with Crippen molar-refractivity contribution in [3.63, 3.8) is 0 Å². The molecule has 1 aromatic heterocycles. The van der Waals surface area contributed by atoms with E-state index in [4.69, 9.17) is 0 Å². The van der Waals surface area contributed by atoms with Crippen molar-refractivity contribution < 1.29 is 0 Å². The fraction of sp³-hybridized carbons (Fsp3) is 0.292. The number of nitrogens with zero attached hydrogens (tertiary/aromatic N) is 5. The van der Waals surface area contributed by atoms with E-state index in [9.17, 15) is 4.79 Å². The summed E-state index contributed by atoms with van der Waals surface area (Å²) >= 11 is 0. The van der Waals surface area contributed by atoms with Crippen LogP contribution in [0.3, 0.4) is 0 Å². The summed E-state index contributed by atoms with van der Waals surface area (Å²) in [7, 11) is 0. The molecule has 1 N–H and O–H groups in total. The van der Waals surface area contributed by atoms with Crippen LogP contribution < -0.4 is 16.0 Å². The lowest BCUT2D eigenvalue weighted by Crippen LogP contribution is -2.18. The minimum absolute atomic E-state index is 0.0553. The van der Waals surface area contributed by atoms with Gasteiger partial charge >= 0.3 is 0 Å². The molecular formula is C24H26N6O. The predicted molar refractivity (Wildman–Crippen MR) is 120 cm³/mol. The van der Waals surface area contributed by atoms with Crippen molar-refractivity contribution in [2.75, 3.05) is 0 Å². The summed E-state index contributed by atoms with van der Waals surface area (Å²) in [6.07, 6.45) is 5.86. The monoisotopic (exact) mass is 414 g/mol. The van der Waals surface area contributed by atoms with Crippen molar-refractivity contribution in [1.29, 1.82) is 0 Å². The third-order valence-electron chi connectivity index (χ3n) is 5.33. The van der Waals surface area contributed by atoms with Gasteiger partial charge in [-0.2, -0.15) is 0 Å². The Hall–Kier alpha value is -3.61. The van der Waals surface area contributed by atoms with Crippen LogP contribution in [0.5, 0.6) is 0 Å². The minimum Gasteiger partial charge on any atom is -0.299 e. The molecule has 0 atom stereocenters. The van der Waals surface area contributed by atoms with E-state index in [2.05, 4.69) is 51.8 Å². The molecule has 0 radical (unpaired) electrons. The van der Waals surface area contributed by atoms with E-state index >= 15 is 0 Å². The van der Waals surface area contributed by atoms with E-state index in [-0.39, 0.29) is 5.56 Å². The molecule has 2 aromatic carbocycles. The molecule has 0 amide bonds. The summed E-state index contributed by atoms with van der Waals surface area (Å²) < 4.78 is 1.74. The summed E-state index contributed by atoms with van der Waals surface area (Å²) in [6, 6.07) is 16.1. The lowest BCUT2D eigenvalue weighted by molar-refractivity contribution is 0.550. The van der Waals surface area contributed by atoms with E-state index in [1.807, 2.05) is 42.5 Å². The third kappa shape index (κ3) is 4.45. The van der Waals surface area contributed by atoms with Gasteiger partial charge in [-0.1, -0.05) is 75.2 Å². The standard InChI is InChI=1S/C24H26N6O/c1-3-5-15-30-24(31)21(22(27-30)8-4-2)16-17-11-13-18(14-12-17)19-9-6-7-10-20(19)23-25-28-29-26-23/h6-7,9-14,16,27H,3-5,8,15H2,1-2H3. The molecule has 7 heteroatoms. The zero-order chi connectivity index (χ0) is 21.6. The fourth-order valence-corrected chi connectivity index (χ4v) is 3.72. The maximum atomic E-state index is 12.9. The number of hydrogen-bond donors (Lipinski definition) is 1. The average molecular weight is 415 g/mol. The number of aromatic amines is 1. The topological polar surface area (TPSA) is 87.2 Å². The largest absolute Gasteiger partial charge is 0.299 e. The molecule has 7 nitrogen and oxygen atoms in total. The highest BCUT2D eigenvalue weighted by molar-refractivity contribution is 5.51. The zero-order valence-electron chi connectivity index (χ0n) is 17.9. The van der Waals surface area contributed by atoms with Gasteiger partial charge in [-0.3, -0.25) is 14.6 Å². The van der Waals surface area contributed by atoms with Gasteiger partial charge in [0.1, 0.15) is 0 Å². The number of H-pyrrole nitrogens is 1. The quantitative estimate of drug-likeness (QED) is 0.651. The highest BCUT2D eigenvalue weighted by Crippen LogP contribution is 2.09. The van der Waals surface area contributed by atoms with Gasteiger partial charge in [-0.05, 0) is 45.0 Å². The Morgan fingerprint density at radius 1 is 0.935 bits per heavy atom. The molecular weight excluding hydrogens is 388 g/mol. The molecule has 1 aliphatic heterocycles. The normalized spacial score (nSPS) is 12.6. The van der Waals surface area contributed by atoms with Crippen LogP contribution in [-0.4, -0.2) is 9.78 Å². The van der Waals surface area contributed by atoms with Crippen LogP contribution in [0.15, 0.2) is 74.0 Å².